The van der Waals surface area contributed by atoms with Gasteiger partial charge in [-0.2, -0.15) is 0 Å². The average molecular weight is 253 g/mol. The molecule has 0 saturated carbocycles. The lowest BCUT2D eigenvalue weighted by molar-refractivity contribution is 0.477. The number of hydrogen-bond acceptors (Lipinski definition) is 1. The van der Waals surface area contributed by atoms with E-state index in [4.69, 9.17) is 23.2 Å². The van der Waals surface area contributed by atoms with Crippen molar-refractivity contribution in [3.63, 3.8) is 0 Å². The van der Waals surface area contributed by atoms with Crippen molar-refractivity contribution in [1.82, 2.24) is 0 Å². The van der Waals surface area contributed by atoms with Crippen molar-refractivity contribution >= 4 is 23.2 Å². The first-order valence-corrected chi connectivity index (χ1v) is 5.58. The van der Waals surface area contributed by atoms with E-state index in [0.29, 0.717) is 15.6 Å². The van der Waals surface area contributed by atoms with Crippen molar-refractivity contribution in [2.45, 2.75) is 6.92 Å². The predicted octanol–water partition coefficient (Wildman–Crippen LogP) is 4.67. The van der Waals surface area contributed by atoms with Crippen LogP contribution in [-0.4, -0.2) is 5.11 Å². The lowest BCUT2D eigenvalue weighted by Crippen LogP contribution is -1.82. The molecule has 2 rings (SSSR count). The van der Waals surface area contributed by atoms with Crippen molar-refractivity contribution in [1.29, 1.82) is 0 Å². The molecular formula is C13H10Cl2O. The van der Waals surface area contributed by atoms with E-state index in [-0.39, 0.29) is 5.75 Å². The summed E-state index contributed by atoms with van der Waals surface area (Å²) in [6.45, 7) is 1.85. The van der Waals surface area contributed by atoms with Crippen LogP contribution in [0, 0.1) is 6.92 Å². The zero-order valence-corrected chi connectivity index (χ0v) is 10.2. The van der Waals surface area contributed by atoms with E-state index in [1.807, 2.05) is 19.1 Å². The molecular weight excluding hydrogens is 243 g/mol. The van der Waals surface area contributed by atoms with E-state index in [2.05, 4.69) is 0 Å². The van der Waals surface area contributed by atoms with Crippen LogP contribution in [0.3, 0.4) is 0 Å². The first-order chi connectivity index (χ1) is 7.58. The summed E-state index contributed by atoms with van der Waals surface area (Å²) in [6.07, 6.45) is 0. The van der Waals surface area contributed by atoms with Crippen molar-refractivity contribution < 1.29 is 5.11 Å². The van der Waals surface area contributed by atoms with Gasteiger partial charge in [-0.15, -0.1) is 0 Å². The maximum atomic E-state index is 9.85. The second kappa shape index (κ2) is 4.36. The molecule has 0 heterocycles. The summed E-state index contributed by atoms with van der Waals surface area (Å²) in [4.78, 5) is 0. The Morgan fingerprint density at radius 1 is 1.00 bits per heavy atom. The minimum Gasteiger partial charge on any atom is -0.507 e. The number of phenols is 1. The zero-order chi connectivity index (χ0) is 11.7. The smallest absolute Gasteiger partial charge is 0.123 e. The number of aryl methyl sites for hydroxylation is 1. The third-order valence-electron chi connectivity index (χ3n) is 2.43. The van der Waals surface area contributed by atoms with Crippen molar-refractivity contribution in [3.05, 3.63) is 52.0 Å². The van der Waals surface area contributed by atoms with Crippen LogP contribution in [0.4, 0.5) is 0 Å². The number of hydrogen-bond donors (Lipinski definition) is 1. The Hall–Kier alpha value is -1.18. The van der Waals surface area contributed by atoms with Gasteiger partial charge in [-0.05, 0) is 42.3 Å². The highest BCUT2D eigenvalue weighted by atomic mass is 35.5. The average Bonchev–Trinajstić information content (AvgIpc) is 2.25. The van der Waals surface area contributed by atoms with Crippen LogP contribution in [0.15, 0.2) is 36.4 Å². The van der Waals surface area contributed by atoms with Crippen LogP contribution in [-0.2, 0) is 0 Å². The highest BCUT2D eigenvalue weighted by Gasteiger charge is 2.07. The predicted molar refractivity (Wildman–Crippen MR) is 68.3 cm³/mol. The van der Waals surface area contributed by atoms with E-state index >= 15 is 0 Å². The third-order valence-corrected chi connectivity index (χ3v) is 3.09. The fraction of sp³-hybridized carbons (Fsp3) is 0.0769. The van der Waals surface area contributed by atoms with Gasteiger partial charge in [-0.1, -0.05) is 35.3 Å². The third kappa shape index (κ3) is 2.16. The molecule has 0 fully saturated rings. The molecule has 0 aliphatic carbocycles. The van der Waals surface area contributed by atoms with E-state index in [0.717, 1.165) is 11.1 Å². The summed E-state index contributed by atoms with van der Waals surface area (Å²) in [5.74, 6) is 0.226. The number of phenolic OH excluding ortho intramolecular Hbond substituents is 1. The van der Waals surface area contributed by atoms with Gasteiger partial charge in [0.05, 0.1) is 0 Å². The lowest BCUT2D eigenvalue weighted by Gasteiger charge is -2.07. The molecule has 0 unspecified atom stereocenters. The zero-order valence-electron chi connectivity index (χ0n) is 8.67. The van der Waals surface area contributed by atoms with Crippen LogP contribution in [0.2, 0.25) is 10.0 Å². The molecule has 0 bridgehead atoms. The summed E-state index contributed by atoms with van der Waals surface area (Å²) in [6, 6.07) is 10.7. The molecule has 0 saturated heterocycles. The van der Waals surface area contributed by atoms with Crippen LogP contribution in [0.25, 0.3) is 11.1 Å². The van der Waals surface area contributed by atoms with Crippen LogP contribution >= 0.6 is 23.2 Å². The highest BCUT2D eigenvalue weighted by molar-refractivity contribution is 6.32. The van der Waals surface area contributed by atoms with Gasteiger partial charge in [-0.3, -0.25) is 0 Å². The Labute approximate surface area is 104 Å². The first kappa shape index (κ1) is 11.3. The van der Waals surface area contributed by atoms with Crippen LogP contribution in [0.1, 0.15) is 5.56 Å². The lowest BCUT2D eigenvalue weighted by atomic mass is 10.0. The Bertz CT molecular complexity index is 518. The normalized spacial score (nSPS) is 10.4. The van der Waals surface area contributed by atoms with Gasteiger partial charge in [0.15, 0.2) is 0 Å². The molecule has 0 radical (unpaired) electrons. The van der Waals surface area contributed by atoms with Gasteiger partial charge in [0.25, 0.3) is 0 Å². The minimum atomic E-state index is 0.226. The van der Waals surface area contributed by atoms with E-state index in [9.17, 15) is 5.11 Å². The second-order valence-electron chi connectivity index (χ2n) is 3.63. The Morgan fingerprint density at radius 2 is 1.62 bits per heavy atom. The van der Waals surface area contributed by atoms with Gasteiger partial charge >= 0.3 is 0 Å². The fourth-order valence-electron chi connectivity index (χ4n) is 1.53. The highest BCUT2D eigenvalue weighted by Crippen LogP contribution is 2.34. The van der Waals surface area contributed by atoms with Gasteiger partial charge < -0.3 is 5.11 Å². The maximum Gasteiger partial charge on any atom is 0.123 e. The quantitative estimate of drug-likeness (QED) is 0.782. The molecule has 2 aromatic carbocycles. The standard InChI is InChI=1S/C13H10Cl2O/c1-8-6-13(16)11(7-12(8)15)9-2-4-10(14)5-3-9/h2-7,16H,1H3. The van der Waals surface area contributed by atoms with Crippen molar-refractivity contribution in [2.24, 2.45) is 0 Å². The topological polar surface area (TPSA) is 20.2 Å². The Balaban J connectivity index is 2.56. The molecule has 1 N–H and O–H groups in total. The van der Waals surface area contributed by atoms with Crippen molar-refractivity contribution in [3.8, 4) is 16.9 Å². The molecule has 0 aliphatic heterocycles. The number of benzene rings is 2. The molecule has 0 aliphatic rings. The fourth-order valence-corrected chi connectivity index (χ4v) is 1.82. The SMILES string of the molecule is Cc1cc(O)c(-c2ccc(Cl)cc2)cc1Cl. The summed E-state index contributed by atoms with van der Waals surface area (Å²) >= 11 is 11.8. The molecule has 3 heteroatoms. The first-order valence-electron chi connectivity index (χ1n) is 4.83. The largest absolute Gasteiger partial charge is 0.507 e. The second-order valence-corrected chi connectivity index (χ2v) is 4.47. The molecule has 0 spiro atoms. The van der Waals surface area contributed by atoms with Gasteiger partial charge in [-0.25, -0.2) is 0 Å². The monoisotopic (exact) mass is 252 g/mol. The van der Waals surface area contributed by atoms with Crippen LogP contribution in [0.5, 0.6) is 5.75 Å². The molecule has 2 aromatic rings. The Morgan fingerprint density at radius 3 is 2.25 bits per heavy atom. The molecule has 0 aromatic heterocycles. The minimum absolute atomic E-state index is 0.226. The summed E-state index contributed by atoms with van der Waals surface area (Å²) in [7, 11) is 0. The summed E-state index contributed by atoms with van der Waals surface area (Å²) in [5.41, 5.74) is 2.47. The van der Waals surface area contributed by atoms with Gasteiger partial charge in [0.1, 0.15) is 5.75 Å². The van der Waals surface area contributed by atoms with E-state index in [1.165, 1.54) is 0 Å². The van der Waals surface area contributed by atoms with Crippen LogP contribution < -0.4 is 0 Å². The molecule has 0 atom stereocenters. The summed E-state index contributed by atoms with van der Waals surface area (Å²) < 4.78 is 0. The molecule has 82 valence electrons. The van der Waals surface area contributed by atoms with E-state index < -0.39 is 0 Å². The molecule has 1 nitrogen and oxygen atoms in total. The summed E-state index contributed by atoms with van der Waals surface area (Å²) in [5, 5.41) is 11.2. The number of halogens is 2. The Kier molecular flexibility index (Phi) is 3.08. The van der Waals surface area contributed by atoms with Gasteiger partial charge in [0.2, 0.25) is 0 Å². The molecule has 0 amide bonds. The van der Waals surface area contributed by atoms with Gasteiger partial charge in [0, 0.05) is 15.6 Å². The molecule has 16 heavy (non-hydrogen) atoms. The number of aromatic hydroxyl groups is 1. The van der Waals surface area contributed by atoms with E-state index in [1.54, 1.807) is 24.3 Å². The maximum absolute atomic E-state index is 9.85. The van der Waals surface area contributed by atoms with Crippen molar-refractivity contribution in [2.75, 3.05) is 0 Å². The number of rotatable bonds is 1.